The van der Waals surface area contributed by atoms with E-state index in [2.05, 4.69) is 32.8 Å². The molecule has 1 atom stereocenters. The molecule has 1 unspecified atom stereocenters. The van der Waals surface area contributed by atoms with Crippen LogP contribution in [0, 0.1) is 5.82 Å². The number of nitrogens with two attached hydrogens (primary N) is 1. The van der Waals surface area contributed by atoms with Crippen molar-refractivity contribution in [2.45, 2.75) is 19.3 Å². The molecule has 1 aromatic carbocycles. The molecule has 0 aliphatic heterocycles. The number of imidazole rings is 1. The van der Waals surface area contributed by atoms with Gasteiger partial charge in [0, 0.05) is 11.5 Å². The molecule has 0 amide bonds. The van der Waals surface area contributed by atoms with Crippen molar-refractivity contribution in [3.63, 3.8) is 0 Å². The molecule has 3 nitrogen and oxygen atoms in total. The number of hydrogen-bond acceptors (Lipinski definition) is 2. The molecule has 0 radical (unpaired) electrons. The number of hydrogen-bond donors (Lipinski definition) is 2. The van der Waals surface area contributed by atoms with Crippen LogP contribution in [0.1, 0.15) is 25.1 Å². The molecule has 1 heterocycles. The fraction of sp³-hybridized carbons (Fsp3) is 0.308. The van der Waals surface area contributed by atoms with Gasteiger partial charge < -0.3 is 10.7 Å². The minimum atomic E-state index is -0.269. The number of nitrogens with zero attached hydrogens (tertiary/aromatic N) is 1. The van der Waals surface area contributed by atoms with Gasteiger partial charge in [-0.3, -0.25) is 0 Å². The quantitative estimate of drug-likeness (QED) is 0.909. The van der Waals surface area contributed by atoms with Crippen molar-refractivity contribution in [1.29, 1.82) is 0 Å². The third kappa shape index (κ3) is 2.79. The summed E-state index contributed by atoms with van der Waals surface area (Å²) in [5, 5.41) is 0. The topological polar surface area (TPSA) is 54.7 Å². The maximum atomic E-state index is 13.2. The van der Waals surface area contributed by atoms with E-state index in [1.165, 1.54) is 6.07 Å². The first-order valence-electron chi connectivity index (χ1n) is 5.82. The Kier molecular flexibility index (Phi) is 4.14. The molecule has 5 heteroatoms. The number of aromatic amines is 1. The second-order valence-electron chi connectivity index (χ2n) is 4.29. The summed E-state index contributed by atoms with van der Waals surface area (Å²) in [6.07, 6.45) is 2.65. The van der Waals surface area contributed by atoms with Crippen molar-refractivity contribution in [1.82, 2.24) is 9.97 Å². The summed E-state index contributed by atoms with van der Waals surface area (Å²) in [6.45, 7) is 2.72. The lowest BCUT2D eigenvalue weighted by molar-refractivity contribution is 0.621. The van der Waals surface area contributed by atoms with Crippen LogP contribution in [0.3, 0.4) is 0 Å². The van der Waals surface area contributed by atoms with Crippen LogP contribution < -0.4 is 5.73 Å². The van der Waals surface area contributed by atoms with Crippen LogP contribution in [-0.4, -0.2) is 16.5 Å². The highest BCUT2D eigenvalue weighted by Crippen LogP contribution is 2.25. The monoisotopic (exact) mass is 311 g/mol. The van der Waals surface area contributed by atoms with Crippen LogP contribution in [0.5, 0.6) is 0 Å². The Hall–Kier alpha value is -1.20. The van der Waals surface area contributed by atoms with Crippen LogP contribution >= 0.6 is 15.9 Å². The molecule has 0 aliphatic carbocycles. The molecular weight excluding hydrogens is 297 g/mol. The van der Waals surface area contributed by atoms with Gasteiger partial charge in [-0.2, -0.15) is 0 Å². The fourth-order valence-electron chi connectivity index (χ4n) is 1.78. The van der Waals surface area contributed by atoms with E-state index in [0.717, 1.165) is 23.5 Å². The Labute approximate surface area is 114 Å². The molecule has 0 bridgehead atoms. The van der Waals surface area contributed by atoms with Gasteiger partial charge in [-0.25, -0.2) is 9.37 Å². The zero-order chi connectivity index (χ0) is 13.1. The molecule has 0 saturated heterocycles. The normalized spacial score (nSPS) is 12.7. The Morgan fingerprint density at radius 2 is 2.28 bits per heavy atom. The number of nitrogens with one attached hydrogen (secondary N) is 1. The first-order valence-corrected chi connectivity index (χ1v) is 6.61. The first-order chi connectivity index (χ1) is 8.61. The average Bonchev–Trinajstić information content (AvgIpc) is 2.82. The molecule has 96 valence electrons. The van der Waals surface area contributed by atoms with Gasteiger partial charge in [0.2, 0.25) is 0 Å². The van der Waals surface area contributed by atoms with E-state index in [9.17, 15) is 4.39 Å². The number of halogens is 2. The standard InChI is InChI=1S/C13H15BrFN3/c1-8(4-5-16)13-17-7-12(18-13)9-2-3-11(15)10(14)6-9/h2-3,6-8H,4-5,16H2,1H3,(H,17,18). The highest BCUT2D eigenvalue weighted by atomic mass is 79.9. The third-order valence-corrected chi connectivity index (χ3v) is 3.50. The maximum Gasteiger partial charge on any atom is 0.137 e. The van der Waals surface area contributed by atoms with Crippen molar-refractivity contribution in [2.24, 2.45) is 5.73 Å². The number of H-pyrrole nitrogens is 1. The van der Waals surface area contributed by atoms with E-state index in [1.54, 1.807) is 18.3 Å². The lowest BCUT2D eigenvalue weighted by Gasteiger charge is -2.05. The number of benzene rings is 1. The van der Waals surface area contributed by atoms with Crippen LogP contribution in [0.4, 0.5) is 4.39 Å². The molecule has 2 aromatic rings. The van der Waals surface area contributed by atoms with E-state index in [4.69, 9.17) is 5.73 Å². The molecule has 1 aromatic heterocycles. The molecule has 0 fully saturated rings. The summed E-state index contributed by atoms with van der Waals surface area (Å²) in [7, 11) is 0. The summed E-state index contributed by atoms with van der Waals surface area (Å²) >= 11 is 3.18. The van der Waals surface area contributed by atoms with Crippen LogP contribution in [0.2, 0.25) is 0 Å². The lowest BCUT2D eigenvalue weighted by atomic mass is 10.1. The van der Waals surface area contributed by atoms with Crippen LogP contribution in [0.15, 0.2) is 28.9 Å². The molecule has 0 spiro atoms. The lowest BCUT2D eigenvalue weighted by Crippen LogP contribution is -2.05. The van der Waals surface area contributed by atoms with Crippen molar-refractivity contribution in [3.05, 3.63) is 40.5 Å². The molecule has 0 saturated carbocycles. The van der Waals surface area contributed by atoms with E-state index < -0.39 is 0 Å². The minimum absolute atomic E-state index is 0.269. The summed E-state index contributed by atoms with van der Waals surface area (Å²) in [5.74, 6) is 0.943. The van der Waals surface area contributed by atoms with E-state index in [0.29, 0.717) is 16.9 Å². The SMILES string of the molecule is CC(CCN)c1ncc(-c2ccc(F)c(Br)c2)[nH]1. The zero-order valence-electron chi connectivity index (χ0n) is 10.1. The molecule has 3 N–H and O–H groups in total. The van der Waals surface area contributed by atoms with Gasteiger partial charge in [0.05, 0.1) is 16.4 Å². The number of aromatic nitrogens is 2. The predicted octanol–water partition coefficient (Wildman–Crippen LogP) is 3.43. The van der Waals surface area contributed by atoms with Gasteiger partial charge in [-0.1, -0.05) is 6.92 Å². The highest BCUT2D eigenvalue weighted by Gasteiger charge is 2.10. The second-order valence-corrected chi connectivity index (χ2v) is 5.14. The van der Waals surface area contributed by atoms with Gasteiger partial charge in [-0.05, 0) is 47.1 Å². The molecular formula is C13H15BrFN3. The minimum Gasteiger partial charge on any atom is -0.342 e. The maximum absolute atomic E-state index is 13.2. The van der Waals surface area contributed by atoms with E-state index in [-0.39, 0.29) is 5.82 Å². The largest absolute Gasteiger partial charge is 0.342 e. The van der Waals surface area contributed by atoms with E-state index >= 15 is 0 Å². The van der Waals surface area contributed by atoms with Crippen LogP contribution in [0.25, 0.3) is 11.3 Å². The van der Waals surface area contributed by atoms with Gasteiger partial charge in [0.25, 0.3) is 0 Å². The number of rotatable bonds is 4. The van der Waals surface area contributed by atoms with Gasteiger partial charge >= 0.3 is 0 Å². The van der Waals surface area contributed by atoms with Crippen molar-refractivity contribution in [2.75, 3.05) is 6.54 Å². The molecule has 0 aliphatic rings. The molecule has 18 heavy (non-hydrogen) atoms. The molecule has 2 rings (SSSR count). The first kappa shape index (κ1) is 13.2. The average molecular weight is 312 g/mol. The third-order valence-electron chi connectivity index (χ3n) is 2.89. The van der Waals surface area contributed by atoms with Crippen LogP contribution in [-0.2, 0) is 0 Å². The van der Waals surface area contributed by atoms with Crippen molar-refractivity contribution in [3.8, 4) is 11.3 Å². The smallest absolute Gasteiger partial charge is 0.137 e. The highest BCUT2D eigenvalue weighted by molar-refractivity contribution is 9.10. The summed E-state index contributed by atoms with van der Waals surface area (Å²) < 4.78 is 13.6. The summed E-state index contributed by atoms with van der Waals surface area (Å²) in [5.41, 5.74) is 7.32. The Morgan fingerprint density at radius 3 is 2.94 bits per heavy atom. The van der Waals surface area contributed by atoms with Crippen molar-refractivity contribution < 1.29 is 4.39 Å². The van der Waals surface area contributed by atoms with Crippen molar-refractivity contribution >= 4 is 15.9 Å². The zero-order valence-corrected chi connectivity index (χ0v) is 11.7. The van der Waals surface area contributed by atoms with Gasteiger partial charge in [0.15, 0.2) is 0 Å². The summed E-state index contributed by atoms with van der Waals surface area (Å²) in [4.78, 5) is 7.59. The summed E-state index contributed by atoms with van der Waals surface area (Å²) in [6, 6.07) is 4.90. The Balaban J connectivity index is 2.26. The van der Waals surface area contributed by atoms with Gasteiger partial charge in [0.1, 0.15) is 11.6 Å². The second kappa shape index (κ2) is 5.63. The predicted molar refractivity (Wildman–Crippen MR) is 73.8 cm³/mol. The Morgan fingerprint density at radius 1 is 1.50 bits per heavy atom. The van der Waals surface area contributed by atoms with E-state index in [1.807, 2.05) is 0 Å². The Bertz CT molecular complexity index is 539. The van der Waals surface area contributed by atoms with Gasteiger partial charge in [-0.15, -0.1) is 0 Å². The fourth-order valence-corrected chi connectivity index (χ4v) is 2.16.